The van der Waals surface area contributed by atoms with Crippen LogP contribution in [0.15, 0.2) is 66.7 Å². The highest BCUT2D eigenvalue weighted by Gasteiger charge is 2.16. The van der Waals surface area contributed by atoms with E-state index in [0.29, 0.717) is 0 Å². The van der Waals surface area contributed by atoms with Crippen LogP contribution in [0.5, 0.6) is 11.5 Å². The van der Waals surface area contributed by atoms with Crippen molar-refractivity contribution in [3.05, 3.63) is 77.9 Å². The van der Waals surface area contributed by atoms with Crippen LogP contribution in [0.2, 0.25) is 0 Å². The molecule has 2 nitrogen and oxygen atoms in total. The zero-order valence-electron chi connectivity index (χ0n) is 14.5. The Balaban J connectivity index is 1.78. The second-order valence-corrected chi connectivity index (χ2v) is 6.12. The minimum atomic E-state index is 0.880. The average molecular weight is 328 g/mol. The zero-order chi connectivity index (χ0) is 17.2. The summed E-state index contributed by atoms with van der Waals surface area (Å²) < 4.78 is 10.5. The molecule has 1 aliphatic carbocycles. The third-order valence-electron chi connectivity index (χ3n) is 4.77. The quantitative estimate of drug-likeness (QED) is 0.620. The average Bonchev–Trinajstić information content (AvgIpc) is 3.17. The van der Waals surface area contributed by atoms with Crippen LogP contribution >= 0.6 is 0 Å². The summed E-state index contributed by atoms with van der Waals surface area (Å²) in [4.78, 5) is 0. The molecule has 0 spiro atoms. The zero-order valence-corrected chi connectivity index (χ0v) is 14.5. The van der Waals surface area contributed by atoms with Crippen molar-refractivity contribution in [3.63, 3.8) is 0 Å². The molecule has 0 radical (unpaired) electrons. The maximum absolute atomic E-state index is 5.27. The van der Waals surface area contributed by atoms with E-state index in [1.54, 1.807) is 14.2 Å². The molecule has 0 saturated carbocycles. The van der Waals surface area contributed by atoms with Gasteiger partial charge in [0, 0.05) is 0 Å². The second kappa shape index (κ2) is 6.48. The Kier molecular flexibility index (Phi) is 4.02. The van der Waals surface area contributed by atoms with Crippen LogP contribution in [-0.4, -0.2) is 14.2 Å². The fourth-order valence-corrected chi connectivity index (χ4v) is 3.43. The summed E-state index contributed by atoms with van der Waals surface area (Å²) in [7, 11) is 3.39. The monoisotopic (exact) mass is 328 g/mol. The molecule has 0 atom stereocenters. The molecular formula is C23H20O2. The smallest absolute Gasteiger partial charge is 0.118 e. The Hall–Kier alpha value is -3.00. The van der Waals surface area contributed by atoms with Crippen molar-refractivity contribution in [2.45, 2.75) is 6.42 Å². The van der Waals surface area contributed by atoms with E-state index in [1.165, 1.54) is 33.4 Å². The van der Waals surface area contributed by atoms with Gasteiger partial charge in [-0.05, 0) is 64.1 Å². The van der Waals surface area contributed by atoms with Crippen molar-refractivity contribution >= 4 is 6.08 Å². The van der Waals surface area contributed by atoms with Crippen molar-refractivity contribution in [1.82, 2.24) is 0 Å². The molecule has 124 valence electrons. The SMILES string of the molecule is COc1ccc(-c2ccc(-c3ccc(OC)cc3)c3c2C=CC3)cc1. The van der Waals surface area contributed by atoms with Crippen molar-refractivity contribution in [2.24, 2.45) is 0 Å². The predicted molar refractivity (Wildman–Crippen MR) is 103 cm³/mol. The lowest BCUT2D eigenvalue weighted by molar-refractivity contribution is 0.415. The number of hydrogen-bond donors (Lipinski definition) is 0. The molecular weight excluding hydrogens is 308 g/mol. The molecule has 4 rings (SSSR count). The highest BCUT2D eigenvalue weighted by atomic mass is 16.5. The van der Waals surface area contributed by atoms with Gasteiger partial charge in [-0.1, -0.05) is 48.6 Å². The summed E-state index contributed by atoms with van der Waals surface area (Å²) in [5, 5.41) is 0. The molecule has 2 heteroatoms. The van der Waals surface area contributed by atoms with Crippen molar-refractivity contribution in [1.29, 1.82) is 0 Å². The van der Waals surface area contributed by atoms with Gasteiger partial charge >= 0.3 is 0 Å². The van der Waals surface area contributed by atoms with Gasteiger partial charge < -0.3 is 9.47 Å². The summed E-state index contributed by atoms with van der Waals surface area (Å²) >= 11 is 0. The predicted octanol–water partition coefficient (Wildman–Crippen LogP) is 5.61. The van der Waals surface area contributed by atoms with E-state index in [2.05, 4.69) is 48.6 Å². The van der Waals surface area contributed by atoms with Gasteiger partial charge in [0.2, 0.25) is 0 Å². The first-order chi connectivity index (χ1) is 12.3. The number of methoxy groups -OCH3 is 2. The molecule has 0 fully saturated rings. The highest BCUT2D eigenvalue weighted by Crippen LogP contribution is 2.38. The third kappa shape index (κ3) is 2.80. The van der Waals surface area contributed by atoms with Crippen LogP contribution in [0.3, 0.4) is 0 Å². The van der Waals surface area contributed by atoms with E-state index in [-0.39, 0.29) is 0 Å². The van der Waals surface area contributed by atoms with E-state index in [4.69, 9.17) is 9.47 Å². The summed E-state index contributed by atoms with van der Waals surface area (Å²) in [5.74, 6) is 1.76. The Morgan fingerprint density at radius 2 is 1.16 bits per heavy atom. The van der Waals surface area contributed by atoms with Crippen LogP contribution in [0.25, 0.3) is 28.3 Å². The minimum Gasteiger partial charge on any atom is -0.497 e. The van der Waals surface area contributed by atoms with E-state index in [9.17, 15) is 0 Å². The maximum atomic E-state index is 5.27. The van der Waals surface area contributed by atoms with Gasteiger partial charge in [-0.2, -0.15) is 0 Å². The first-order valence-corrected chi connectivity index (χ1v) is 8.41. The molecule has 3 aromatic rings. The molecule has 0 aromatic heterocycles. The Morgan fingerprint density at radius 3 is 1.72 bits per heavy atom. The van der Waals surface area contributed by atoms with Crippen molar-refractivity contribution in [3.8, 4) is 33.8 Å². The molecule has 0 unspecified atom stereocenters. The van der Waals surface area contributed by atoms with Gasteiger partial charge in [0.05, 0.1) is 14.2 Å². The number of allylic oxidation sites excluding steroid dienone is 1. The fourth-order valence-electron chi connectivity index (χ4n) is 3.43. The van der Waals surface area contributed by atoms with Gasteiger partial charge in [0.15, 0.2) is 0 Å². The number of ether oxygens (including phenoxy) is 2. The number of benzene rings is 3. The molecule has 0 bridgehead atoms. The topological polar surface area (TPSA) is 18.5 Å². The molecule has 0 amide bonds. The van der Waals surface area contributed by atoms with Crippen LogP contribution in [0.4, 0.5) is 0 Å². The van der Waals surface area contributed by atoms with Crippen molar-refractivity contribution in [2.75, 3.05) is 14.2 Å². The molecule has 25 heavy (non-hydrogen) atoms. The maximum Gasteiger partial charge on any atom is 0.118 e. The van der Waals surface area contributed by atoms with Gasteiger partial charge in [-0.3, -0.25) is 0 Å². The summed E-state index contributed by atoms with van der Waals surface area (Å²) in [6, 6.07) is 21.0. The number of fused-ring (bicyclic) bond motifs is 1. The molecule has 0 N–H and O–H groups in total. The lowest BCUT2D eigenvalue weighted by atomic mass is 9.90. The Bertz CT molecular complexity index is 920. The van der Waals surface area contributed by atoms with Crippen LogP contribution in [0, 0.1) is 0 Å². The number of hydrogen-bond acceptors (Lipinski definition) is 2. The van der Waals surface area contributed by atoms with E-state index < -0.39 is 0 Å². The summed E-state index contributed by atoms with van der Waals surface area (Å²) in [6.07, 6.45) is 5.45. The number of rotatable bonds is 4. The second-order valence-electron chi connectivity index (χ2n) is 6.12. The van der Waals surface area contributed by atoms with E-state index in [0.717, 1.165) is 17.9 Å². The summed E-state index contributed by atoms with van der Waals surface area (Å²) in [5.41, 5.74) is 7.70. The van der Waals surface area contributed by atoms with Gasteiger partial charge in [-0.25, -0.2) is 0 Å². The van der Waals surface area contributed by atoms with Crippen LogP contribution in [-0.2, 0) is 6.42 Å². The lowest BCUT2D eigenvalue weighted by Crippen LogP contribution is -1.93. The largest absolute Gasteiger partial charge is 0.497 e. The Labute approximate surface area is 148 Å². The van der Waals surface area contributed by atoms with Gasteiger partial charge in [0.25, 0.3) is 0 Å². The molecule has 0 heterocycles. The van der Waals surface area contributed by atoms with Gasteiger partial charge in [0.1, 0.15) is 11.5 Å². The summed E-state index contributed by atoms with van der Waals surface area (Å²) in [6.45, 7) is 0. The van der Waals surface area contributed by atoms with E-state index in [1.807, 2.05) is 24.3 Å². The van der Waals surface area contributed by atoms with Gasteiger partial charge in [-0.15, -0.1) is 0 Å². The molecule has 0 saturated heterocycles. The minimum absolute atomic E-state index is 0.880. The Morgan fingerprint density at radius 1 is 0.640 bits per heavy atom. The first-order valence-electron chi connectivity index (χ1n) is 8.41. The van der Waals surface area contributed by atoms with E-state index >= 15 is 0 Å². The standard InChI is InChI=1S/C23H20O2/c1-24-18-10-6-16(7-11-18)20-14-15-21(23-5-3-4-22(20)23)17-8-12-19(25-2)13-9-17/h3-4,6-15H,5H2,1-2H3. The fraction of sp³-hybridized carbons (Fsp3) is 0.130. The first kappa shape index (κ1) is 15.5. The normalized spacial score (nSPS) is 12.1. The van der Waals surface area contributed by atoms with Crippen LogP contribution < -0.4 is 9.47 Å². The van der Waals surface area contributed by atoms with Crippen LogP contribution in [0.1, 0.15) is 11.1 Å². The highest BCUT2D eigenvalue weighted by molar-refractivity contribution is 5.86. The third-order valence-corrected chi connectivity index (χ3v) is 4.77. The molecule has 1 aliphatic rings. The molecule has 3 aromatic carbocycles. The van der Waals surface area contributed by atoms with Crippen molar-refractivity contribution < 1.29 is 9.47 Å². The molecule has 0 aliphatic heterocycles. The lowest BCUT2D eigenvalue weighted by Gasteiger charge is -2.14.